The second-order valence-electron chi connectivity index (χ2n) is 5.56. The molecular formula is C17H17ClN4O2S. The molecular weight excluding hydrogens is 360 g/mol. The van der Waals surface area contributed by atoms with Crippen LogP contribution in [-0.4, -0.2) is 34.5 Å². The molecule has 3 aromatic rings. The van der Waals surface area contributed by atoms with Gasteiger partial charge in [0.2, 0.25) is 10.0 Å². The molecule has 0 bridgehead atoms. The summed E-state index contributed by atoms with van der Waals surface area (Å²) in [5.74, 6) is 0. The van der Waals surface area contributed by atoms with Gasteiger partial charge in [0, 0.05) is 13.1 Å². The lowest BCUT2D eigenvalue weighted by Gasteiger charge is -2.25. The molecule has 0 saturated heterocycles. The standard InChI is InChI=1S/C17H17ClN4O2S/c1-13(14-7-9-15(10-8-14)22-12-19-11-20-22)21(2)25(23,24)17-6-4-3-5-16(17)18/h3-13H,1-2H3/t13-/m1/s1. The molecule has 1 aromatic heterocycles. The number of aromatic nitrogens is 3. The van der Waals surface area contributed by atoms with Crippen LogP contribution in [-0.2, 0) is 10.0 Å². The zero-order valence-electron chi connectivity index (χ0n) is 13.7. The van der Waals surface area contributed by atoms with Crippen LogP contribution in [0.4, 0.5) is 0 Å². The molecule has 25 heavy (non-hydrogen) atoms. The summed E-state index contributed by atoms with van der Waals surface area (Å²) in [5, 5.41) is 4.28. The van der Waals surface area contributed by atoms with Crippen molar-refractivity contribution in [1.29, 1.82) is 0 Å². The average Bonchev–Trinajstić information content (AvgIpc) is 3.15. The van der Waals surface area contributed by atoms with Gasteiger partial charge >= 0.3 is 0 Å². The van der Waals surface area contributed by atoms with Gasteiger partial charge < -0.3 is 0 Å². The quantitative estimate of drug-likeness (QED) is 0.685. The van der Waals surface area contributed by atoms with E-state index in [9.17, 15) is 8.42 Å². The van der Waals surface area contributed by atoms with Crippen molar-refractivity contribution >= 4 is 21.6 Å². The molecule has 0 unspecified atom stereocenters. The molecule has 2 aromatic carbocycles. The molecule has 6 nitrogen and oxygen atoms in total. The molecule has 130 valence electrons. The van der Waals surface area contributed by atoms with Crippen LogP contribution in [0.1, 0.15) is 18.5 Å². The number of benzene rings is 2. The monoisotopic (exact) mass is 376 g/mol. The molecule has 0 amide bonds. The molecule has 0 radical (unpaired) electrons. The van der Waals surface area contributed by atoms with Crippen molar-refractivity contribution in [3.05, 3.63) is 71.8 Å². The molecule has 8 heteroatoms. The molecule has 0 aliphatic heterocycles. The number of sulfonamides is 1. The molecule has 3 rings (SSSR count). The van der Waals surface area contributed by atoms with Crippen LogP contribution in [0, 0.1) is 0 Å². The van der Waals surface area contributed by atoms with E-state index in [0.29, 0.717) is 0 Å². The zero-order chi connectivity index (χ0) is 18.0. The van der Waals surface area contributed by atoms with Gasteiger partial charge in [-0.2, -0.15) is 9.40 Å². The van der Waals surface area contributed by atoms with Crippen molar-refractivity contribution in [3.63, 3.8) is 0 Å². The van der Waals surface area contributed by atoms with E-state index in [2.05, 4.69) is 10.1 Å². The lowest BCUT2D eigenvalue weighted by atomic mass is 10.1. The van der Waals surface area contributed by atoms with Gasteiger partial charge in [0.1, 0.15) is 17.6 Å². The Hall–Kier alpha value is -2.22. The number of hydrogen-bond acceptors (Lipinski definition) is 4. The molecule has 0 N–H and O–H groups in total. The Bertz CT molecular complexity index is 957. The Kier molecular flexibility index (Phi) is 4.89. The maximum Gasteiger partial charge on any atom is 0.244 e. The van der Waals surface area contributed by atoms with Gasteiger partial charge in [0.15, 0.2) is 0 Å². The number of hydrogen-bond donors (Lipinski definition) is 0. The van der Waals surface area contributed by atoms with E-state index in [1.54, 1.807) is 36.3 Å². The molecule has 1 heterocycles. The predicted molar refractivity (Wildman–Crippen MR) is 96.2 cm³/mol. The Morgan fingerprint density at radius 3 is 2.40 bits per heavy atom. The Labute approximate surface area is 151 Å². The highest BCUT2D eigenvalue weighted by Crippen LogP contribution is 2.29. The molecule has 0 aliphatic rings. The van der Waals surface area contributed by atoms with Crippen LogP contribution in [0.25, 0.3) is 5.69 Å². The molecule has 0 fully saturated rings. The van der Waals surface area contributed by atoms with Gasteiger partial charge in [-0.05, 0) is 36.8 Å². The maximum absolute atomic E-state index is 12.8. The fourth-order valence-corrected chi connectivity index (χ4v) is 4.32. The normalized spacial score (nSPS) is 13.1. The van der Waals surface area contributed by atoms with E-state index < -0.39 is 10.0 Å². The third kappa shape index (κ3) is 3.44. The predicted octanol–water partition coefficient (Wildman–Crippen LogP) is 3.30. The Balaban J connectivity index is 1.87. The minimum absolute atomic E-state index is 0.102. The largest absolute Gasteiger partial charge is 0.244 e. The van der Waals surface area contributed by atoms with Gasteiger partial charge in [-0.15, -0.1) is 0 Å². The van der Waals surface area contributed by atoms with E-state index in [-0.39, 0.29) is 16.0 Å². The van der Waals surface area contributed by atoms with Crippen molar-refractivity contribution in [3.8, 4) is 5.69 Å². The molecule has 0 spiro atoms. The van der Waals surface area contributed by atoms with Crippen LogP contribution >= 0.6 is 11.6 Å². The minimum Gasteiger partial charge on any atom is -0.223 e. The SMILES string of the molecule is C[C@H](c1ccc(-n2cncn2)cc1)N(C)S(=O)(=O)c1ccccc1Cl. The summed E-state index contributed by atoms with van der Waals surface area (Å²) in [6.07, 6.45) is 3.06. The van der Waals surface area contributed by atoms with Crippen LogP contribution < -0.4 is 0 Å². The summed E-state index contributed by atoms with van der Waals surface area (Å²) in [6, 6.07) is 13.6. The van der Waals surface area contributed by atoms with Crippen LogP contribution in [0.3, 0.4) is 0 Å². The first-order valence-electron chi connectivity index (χ1n) is 7.59. The van der Waals surface area contributed by atoms with Gasteiger partial charge in [0.25, 0.3) is 0 Å². The van der Waals surface area contributed by atoms with E-state index in [4.69, 9.17) is 11.6 Å². The van der Waals surface area contributed by atoms with Crippen molar-refractivity contribution in [1.82, 2.24) is 19.1 Å². The van der Waals surface area contributed by atoms with E-state index in [0.717, 1.165) is 11.3 Å². The zero-order valence-corrected chi connectivity index (χ0v) is 15.3. The third-order valence-corrected chi connectivity index (χ3v) is 6.53. The van der Waals surface area contributed by atoms with Crippen molar-refractivity contribution in [2.75, 3.05) is 7.05 Å². The Morgan fingerprint density at radius 2 is 1.80 bits per heavy atom. The summed E-state index contributed by atoms with van der Waals surface area (Å²) in [4.78, 5) is 4.01. The summed E-state index contributed by atoms with van der Waals surface area (Å²) < 4.78 is 28.6. The summed E-state index contributed by atoms with van der Waals surface area (Å²) in [7, 11) is -2.15. The van der Waals surface area contributed by atoms with Crippen molar-refractivity contribution in [2.45, 2.75) is 17.9 Å². The summed E-state index contributed by atoms with van der Waals surface area (Å²) in [6.45, 7) is 1.83. The topological polar surface area (TPSA) is 68.1 Å². The van der Waals surface area contributed by atoms with Gasteiger partial charge in [-0.1, -0.05) is 35.9 Å². The maximum atomic E-state index is 12.8. The fraction of sp³-hybridized carbons (Fsp3) is 0.176. The highest BCUT2D eigenvalue weighted by molar-refractivity contribution is 7.89. The average molecular weight is 377 g/mol. The minimum atomic E-state index is -3.70. The van der Waals surface area contributed by atoms with Crippen molar-refractivity contribution < 1.29 is 8.42 Å². The lowest BCUT2D eigenvalue weighted by molar-refractivity contribution is 0.398. The highest BCUT2D eigenvalue weighted by atomic mass is 35.5. The first-order chi connectivity index (χ1) is 11.9. The van der Waals surface area contributed by atoms with Crippen LogP contribution in [0.5, 0.6) is 0 Å². The molecule has 0 aliphatic carbocycles. The van der Waals surface area contributed by atoms with Crippen molar-refractivity contribution in [2.24, 2.45) is 0 Å². The van der Waals surface area contributed by atoms with E-state index in [1.807, 2.05) is 31.2 Å². The lowest BCUT2D eigenvalue weighted by Crippen LogP contribution is -2.30. The number of halogens is 1. The second-order valence-corrected chi connectivity index (χ2v) is 7.93. The first-order valence-corrected chi connectivity index (χ1v) is 9.40. The summed E-state index contributed by atoms with van der Waals surface area (Å²) >= 11 is 6.06. The first kappa shape index (κ1) is 17.6. The van der Waals surface area contributed by atoms with Gasteiger partial charge in [-0.3, -0.25) is 0 Å². The molecule has 1 atom stereocenters. The van der Waals surface area contributed by atoms with Crippen LogP contribution in [0.15, 0.2) is 66.1 Å². The van der Waals surface area contributed by atoms with Crippen LogP contribution in [0.2, 0.25) is 5.02 Å². The summed E-state index contributed by atoms with van der Waals surface area (Å²) in [5.41, 5.74) is 1.71. The molecule has 0 saturated carbocycles. The highest BCUT2D eigenvalue weighted by Gasteiger charge is 2.28. The van der Waals surface area contributed by atoms with Gasteiger partial charge in [0.05, 0.1) is 10.7 Å². The number of nitrogens with zero attached hydrogens (tertiary/aromatic N) is 4. The van der Waals surface area contributed by atoms with E-state index >= 15 is 0 Å². The number of rotatable bonds is 5. The van der Waals surface area contributed by atoms with Gasteiger partial charge in [-0.25, -0.2) is 18.1 Å². The second kappa shape index (κ2) is 6.95. The smallest absolute Gasteiger partial charge is 0.223 e. The Morgan fingerprint density at radius 1 is 1.12 bits per heavy atom. The third-order valence-electron chi connectivity index (χ3n) is 4.10. The van der Waals surface area contributed by atoms with E-state index in [1.165, 1.54) is 16.7 Å². The fourth-order valence-electron chi connectivity index (χ4n) is 2.47.